The van der Waals surface area contributed by atoms with Crippen molar-refractivity contribution < 1.29 is 0 Å². The standard InChI is InChI=1S/C14H17N3S/c1-3-16-11(2)12-6-4-5-7-13(12)18-14-10-15-8-9-17-14/h4-11,16H,3H2,1-2H3. The molecule has 0 aliphatic carbocycles. The van der Waals surface area contributed by atoms with Crippen molar-refractivity contribution in [1.82, 2.24) is 15.3 Å². The molecular weight excluding hydrogens is 242 g/mol. The Labute approximate surface area is 112 Å². The fourth-order valence-corrected chi connectivity index (χ4v) is 2.76. The highest BCUT2D eigenvalue weighted by atomic mass is 32.2. The molecule has 1 aromatic carbocycles. The third kappa shape index (κ3) is 3.31. The number of hydrogen-bond donors (Lipinski definition) is 1. The highest BCUT2D eigenvalue weighted by molar-refractivity contribution is 7.99. The Balaban J connectivity index is 2.22. The summed E-state index contributed by atoms with van der Waals surface area (Å²) in [5, 5.41) is 4.36. The molecule has 0 aliphatic rings. The van der Waals surface area contributed by atoms with E-state index in [4.69, 9.17) is 0 Å². The van der Waals surface area contributed by atoms with Gasteiger partial charge in [0.15, 0.2) is 0 Å². The van der Waals surface area contributed by atoms with Crippen molar-refractivity contribution in [1.29, 1.82) is 0 Å². The summed E-state index contributed by atoms with van der Waals surface area (Å²) in [4.78, 5) is 9.62. The molecule has 1 heterocycles. The van der Waals surface area contributed by atoms with Crippen molar-refractivity contribution in [2.24, 2.45) is 0 Å². The van der Waals surface area contributed by atoms with Crippen molar-refractivity contribution in [3.8, 4) is 0 Å². The Hall–Kier alpha value is -1.39. The smallest absolute Gasteiger partial charge is 0.119 e. The maximum Gasteiger partial charge on any atom is 0.119 e. The largest absolute Gasteiger partial charge is 0.310 e. The highest BCUT2D eigenvalue weighted by Gasteiger charge is 2.10. The number of nitrogens with one attached hydrogen (secondary N) is 1. The molecule has 18 heavy (non-hydrogen) atoms. The van der Waals surface area contributed by atoms with Crippen LogP contribution in [0.3, 0.4) is 0 Å². The molecule has 2 rings (SSSR count). The van der Waals surface area contributed by atoms with Crippen molar-refractivity contribution >= 4 is 11.8 Å². The van der Waals surface area contributed by atoms with Gasteiger partial charge >= 0.3 is 0 Å². The minimum atomic E-state index is 0.343. The van der Waals surface area contributed by atoms with Gasteiger partial charge in [-0.1, -0.05) is 36.9 Å². The normalized spacial score (nSPS) is 12.3. The predicted molar refractivity (Wildman–Crippen MR) is 74.7 cm³/mol. The van der Waals surface area contributed by atoms with Crippen LogP contribution in [-0.2, 0) is 0 Å². The molecule has 0 aliphatic heterocycles. The van der Waals surface area contributed by atoms with Gasteiger partial charge in [0.2, 0.25) is 0 Å². The van der Waals surface area contributed by atoms with Crippen molar-refractivity contribution in [3.05, 3.63) is 48.4 Å². The molecule has 4 heteroatoms. The minimum absolute atomic E-state index is 0.343. The van der Waals surface area contributed by atoms with Crippen LogP contribution in [0.5, 0.6) is 0 Å². The third-order valence-electron chi connectivity index (χ3n) is 2.65. The molecule has 0 amide bonds. The van der Waals surface area contributed by atoms with Gasteiger partial charge in [-0.05, 0) is 25.1 Å². The second kappa shape index (κ2) is 6.52. The monoisotopic (exact) mass is 259 g/mol. The van der Waals surface area contributed by atoms with E-state index >= 15 is 0 Å². The zero-order chi connectivity index (χ0) is 12.8. The fraction of sp³-hybridized carbons (Fsp3) is 0.286. The van der Waals surface area contributed by atoms with E-state index in [9.17, 15) is 0 Å². The van der Waals surface area contributed by atoms with Gasteiger partial charge in [0, 0.05) is 23.3 Å². The van der Waals surface area contributed by atoms with E-state index in [2.05, 4.69) is 53.4 Å². The van der Waals surface area contributed by atoms with Crippen LogP contribution in [0.1, 0.15) is 25.5 Å². The van der Waals surface area contributed by atoms with Crippen LogP contribution in [0, 0.1) is 0 Å². The van der Waals surface area contributed by atoms with Gasteiger partial charge < -0.3 is 5.32 Å². The van der Waals surface area contributed by atoms with Gasteiger partial charge in [-0.15, -0.1) is 0 Å². The van der Waals surface area contributed by atoms with Gasteiger partial charge in [0.1, 0.15) is 5.03 Å². The Morgan fingerprint density at radius 2 is 2.11 bits per heavy atom. The first-order chi connectivity index (χ1) is 8.81. The molecular formula is C14H17N3S. The summed E-state index contributed by atoms with van der Waals surface area (Å²) < 4.78 is 0. The average molecular weight is 259 g/mol. The first-order valence-corrected chi connectivity index (χ1v) is 6.89. The van der Waals surface area contributed by atoms with Crippen LogP contribution in [0.25, 0.3) is 0 Å². The Morgan fingerprint density at radius 1 is 1.28 bits per heavy atom. The molecule has 1 atom stereocenters. The fourth-order valence-electron chi connectivity index (χ4n) is 1.80. The maximum atomic E-state index is 4.30. The van der Waals surface area contributed by atoms with E-state index in [1.54, 1.807) is 30.4 Å². The summed E-state index contributed by atoms with van der Waals surface area (Å²) in [5.41, 5.74) is 1.30. The molecule has 0 fully saturated rings. The second-order valence-electron chi connectivity index (χ2n) is 3.96. The highest BCUT2D eigenvalue weighted by Crippen LogP contribution is 2.31. The first-order valence-electron chi connectivity index (χ1n) is 6.07. The molecule has 3 nitrogen and oxygen atoms in total. The lowest BCUT2D eigenvalue weighted by atomic mass is 10.1. The number of hydrogen-bond acceptors (Lipinski definition) is 4. The molecule has 0 radical (unpaired) electrons. The molecule has 1 unspecified atom stereocenters. The molecule has 1 N–H and O–H groups in total. The van der Waals surface area contributed by atoms with Crippen LogP contribution < -0.4 is 5.32 Å². The van der Waals surface area contributed by atoms with Crippen LogP contribution in [-0.4, -0.2) is 16.5 Å². The van der Waals surface area contributed by atoms with Gasteiger partial charge in [0.05, 0.1) is 6.20 Å². The zero-order valence-corrected chi connectivity index (χ0v) is 11.4. The Kier molecular flexibility index (Phi) is 4.73. The second-order valence-corrected chi connectivity index (χ2v) is 5.03. The van der Waals surface area contributed by atoms with Crippen molar-refractivity contribution in [2.45, 2.75) is 29.8 Å². The molecule has 0 saturated heterocycles. The minimum Gasteiger partial charge on any atom is -0.310 e. The van der Waals surface area contributed by atoms with Gasteiger partial charge in [0.25, 0.3) is 0 Å². The van der Waals surface area contributed by atoms with Gasteiger partial charge in [-0.25, -0.2) is 4.98 Å². The summed E-state index contributed by atoms with van der Waals surface area (Å²) in [6, 6.07) is 8.76. The molecule has 0 spiro atoms. The van der Waals surface area contributed by atoms with Crippen LogP contribution in [0.15, 0.2) is 52.8 Å². The van der Waals surface area contributed by atoms with E-state index in [0.717, 1.165) is 11.6 Å². The van der Waals surface area contributed by atoms with E-state index in [1.165, 1.54) is 10.5 Å². The number of rotatable bonds is 5. The molecule has 94 valence electrons. The van der Waals surface area contributed by atoms with E-state index in [1.807, 2.05) is 0 Å². The quantitative estimate of drug-likeness (QED) is 0.894. The lowest BCUT2D eigenvalue weighted by Crippen LogP contribution is -2.18. The van der Waals surface area contributed by atoms with Crippen LogP contribution in [0.2, 0.25) is 0 Å². The summed E-state index contributed by atoms with van der Waals surface area (Å²) >= 11 is 1.65. The SMILES string of the molecule is CCNC(C)c1ccccc1Sc1cnccn1. The maximum absolute atomic E-state index is 4.30. The molecule has 0 bridgehead atoms. The lowest BCUT2D eigenvalue weighted by molar-refractivity contribution is 0.590. The molecule has 0 saturated carbocycles. The third-order valence-corrected chi connectivity index (χ3v) is 3.66. The Morgan fingerprint density at radius 3 is 2.83 bits per heavy atom. The first kappa shape index (κ1) is 13.1. The number of aromatic nitrogens is 2. The van der Waals surface area contributed by atoms with E-state index < -0.39 is 0 Å². The summed E-state index contributed by atoms with van der Waals surface area (Å²) in [5.74, 6) is 0. The lowest BCUT2D eigenvalue weighted by Gasteiger charge is -2.16. The summed E-state index contributed by atoms with van der Waals surface area (Å²) in [7, 11) is 0. The van der Waals surface area contributed by atoms with Crippen molar-refractivity contribution in [3.63, 3.8) is 0 Å². The van der Waals surface area contributed by atoms with E-state index in [-0.39, 0.29) is 0 Å². The number of nitrogens with zero attached hydrogens (tertiary/aromatic N) is 2. The van der Waals surface area contributed by atoms with E-state index in [0.29, 0.717) is 6.04 Å². The average Bonchev–Trinajstić information content (AvgIpc) is 2.41. The zero-order valence-electron chi connectivity index (χ0n) is 10.6. The molecule has 2 aromatic rings. The summed E-state index contributed by atoms with van der Waals surface area (Å²) in [6.45, 7) is 5.26. The van der Waals surface area contributed by atoms with Crippen LogP contribution in [0.4, 0.5) is 0 Å². The predicted octanol–water partition coefficient (Wildman–Crippen LogP) is 3.30. The van der Waals surface area contributed by atoms with Crippen LogP contribution >= 0.6 is 11.8 Å². The number of benzene rings is 1. The topological polar surface area (TPSA) is 37.8 Å². The molecule has 1 aromatic heterocycles. The van der Waals surface area contributed by atoms with Gasteiger partial charge in [-0.2, -0.15) is 0 Å². The Bertz CT molecular complexity index is 487. The summed E-state index contributed by atoms with van der Waals surface area (Å²) in [6.07, 6.45) is 5.20. The van der Waals surface area contributed by atoms with Gasteiger partial charge in [-0.3, -0.25) is 4.98 Å². The van der Waals surface area contributed by atoms with Crippen molar-refractivity contribution in [2.75, 3.05) is 6.54 Å².